The number of ether oxygens (including phenoxy) is 5. The van der Waals surface area contributed by atoms with Crippen molar-refractivity contribution in [2.75, 3.05) is 20.3 Å². The van der Waals surface area contributed by atoms with Crippen LogP contribution in [-0.4, -0.2) is 87.2 Å². The first-order chi connectivity index (χ1) is 19.0. The van der Waals surface area contributed by atoms with E-state index in [2.05, 4.69) is 5.32 Å². The number of aliphatic hydroxyl groups is 3. The summed E-state index contributed by atoms with van der Waals surface area (Å²) in [5, 5.41) is 36.3. The molecule has 0 radical (unpaired) electrons. The number of hydrogen-bond acceptors (Lipinski definition) is 10. The van der Waals surface area contributed by atoms with Gasteiger partial charge in [-0.05, 0) is 12.1 Å². The molecule has 3 unspecified atom stereocenters. The van der Waals surface area contributed by atoms with Crippen LogP contribution in [0, 0.1) is 0 Å². The Kier molecular flexibility index (Phi) is 10.9. The lowest BCUT2D eigenvalue weighted by Crippen LogP contribution is -2.67. The molecule has 2 aliphatic heterocycles. The minimum atomic E-state index is -1.86. The third-order valence-electron chi connectivity index (χ3n) is 6.38. The second kappa shape index (κ2) is 13.7. The molecule has 0 spiro atoms. The van der Waals surface area contributed by atoms with E-state index in [4.69, 9.17) is 58.5 Å². The van der Waals surface area contributed by atoms with E-state index in [1.54, 1.807) is 24.3 Å². The van der Waals surface area contributed by atoms with Gasteiger partial charge < -0.3 is 44.3 Å². The highest BCUT2D eigenvalue weighted by Gasteiger charge is 2.56. The van der Waals surface area contributed by atoms with Gasteiger partial charge in [-0.25, -0.2) is 4.79 Å². The molecule has 4 N–H and O–H groups in total. The molecule has 2 fully saturated rings. The van der Waals surface area contributed by atoms with Crippen LogP contribution in [0.5, 0.6) is 0 Å². The van der Waals surface area contributed by atoms with Gasteiger partial charge in [-0.2, -0.15) is 0 Å². The number of rotatable bonds is 9. The number of carbonyl (C=O) groups excluding carboxylic acids is 1. The van der Waals surface area contributed by atoms with Gasteiger partial charge in [-0.3, -0.25) is 0 Å². The highest BCUT2D eigenvalue weighted by Crippen LogP contribution is 2.46. The number of thioether (sulfide) groups is 1. The maximum absolute atomic E-state index is 12.6. The zero-order chi connectivity index (χ0) is 28.9. The average Bonchev–Trinajstić information content (AvgIpc) is 3.43. The molecule has 10 nitrogen and oxygen atoms in total. The zero-order valence-corrected chi connectivity index (χ0v) is 24.4. The van der Waals surface area contributed by atoms with Crippen molar-refractivity contribution in [3.05, 3.63) is 66.2 Å². The number of alkyl carbamates (subject to hydrolysis) is 1. The molecule has 4 rings (SSSR count). The first-order valence-corrected chi connectivity index (χ1v) is 14.3. The lowest BCUT2D eigenvalue weighted by Gasteiger charge is -2.49. The Hall–Kier alpha value is -1.35. The van der Waals surface area contributed by atoms with E-state index >= 15 is 0 Å². The van der Waals surface area contributed by atoms with Crippen molar-refractivity contribution in [3.63, 3.8) is 0 Å². The van der Waals surface area contributed by atoms with Crippen LogP contribution < -0.4 is 5.32 Å². The van der Waals surface area contributed by atoms with Gasteiger partial charge in [0.25, 0.3) is 0 Å². The van der Waals surface area contributed by atoms with Crippen LogP contribution in [0.15, 0.2) is 65.6 Å². The van der Waals surface area contributed by atoms with Crippen molar-refractivity contribution >= 4 is 52.7 Å². The van der Waals surface area contributed by atoms with E-state index in [9.17, 15) is 20.1 Å². The summed E-state index contributed by atoms with van der Waals surface area (Å²) in [7, 11) is 1.29. The molecule has 2 saturated heterocycles. The predicted octanol–water partition coefficient (Wildman–Crippen LogP) is 3.53. The number of alkyl halides is 3. The molecule has 40 heavy (non-hydrogen) atoms. The van der Waals surface area contributed by atoms with Gasteiger partial charge in [-0.1, -0.05) is 95.1 Å². The SMILES string of the molecule is COC(O)[C@]1(Sc2ccccc2)C[C@H](O)[C@@H](NC(=O)OCC(Cl)(Cl)Cl)[C@H](C(O)[C@H]2COC(c3ccccc3)O2)O1. The maximum Gasteiger partial charge on any atom is 0.407 e. The Morgan fingerprint density at radius 3 is 2.42 bits per heavy atom. The second-order valence-corrected chi connectivity index (χ2v) is 13.2. The van der Waals surface area contributed by atoms with Crippen molar-refractivity contribution in [2.45, 2.75) is 63.1 Å². The lowest BCUT2D eigenvalue weighted by molar-refractivity contribution is -0.256. The number of benzene rings is 2. The van der Waals surface area contributed by atoms with Gasteiger partial charge in [-0.15, -0.1) is 0 Å². The summed E-state index contributed by atoms with van der Waals surface area (Å²) in [5.41, 5.74) is 0.746. The Labute approximate surface area is 250 Å². The fourth-order valence-corrected chi connectivity index (χ4v) is 5.98. The van der Waals surface area contributed by atoms with Gasteiger partial charge in [0, 0.05) is 24.0 Å². The predicted molar refractivity (Wildman–Crippen MR) is 148 cm³/mol. The number of carbonyl (C=O) groups is 1. The molecular formula is C26H30Cl3NO9S. The fourth-order valence-electron chi connectivity index (χ4n) is 4.51. The van der Waals surface area contributed by atoms with Gasteiger partial charge in [0.2, 0.25) is 3.79 Å². The first kappa shape index (κ1) is 31.6. The van der Waals surface area contributed by atoms with Crippen LogP contribution in [0.25, 0.3) is 0 Å². The van der Waals surface area contributed by atoms with Crippen LogP contribution >= 0.6 is 46.6 Å². The van der Waals surface area contributed by atoms with Crippen molar-refractivity contribution < 1.29 is 43.8 Å². The summed E-state index contributed by atoms with van der Waals surface area (Å²) in [4.78, 5) is 11.7. The maximum atomic E-state index is 12.6. The van der Waals surface area contributed by atoms with E-state index in [1.165, 1.54) is 7.11 Å². The number of methoxy groups -OCH3 is 1. The van der Waals surface area contributed by atoms with Crippen LogP contribution in [0.2, 0.25) is 0 Å². The second-order valence-electron chi connectivity index (χ2n) is 9.27. The molecule has 0 aromatic heterocycles. The van der Waals surface area contributed by atoms with Crippen molar-refractivity contribution in [2.24, 2.45) is 0 Å². The van der Waals surface area contributed by atoms with E-state index in [0.717, 1.165) is 17.3 Å². The van der Waals surface area contributed by atoms with Gasteiger partial charge in [0.15, 0.2) is 17.5 Å². The minimum Gasteiger partial charge on any atom is -0.445 e. The molecule has 14 heteroatoms. The molecular weight excluding hydrogens is 609 g/mol. The summed E-state index contributed by atoms with van der Waals surface area (Å²) in [6.45, 7) is -0.568. The monoisotopic (exact) mass is 637 g/mol. The van der Waals surface area contributed by atoms with Gasteiger partial charge in [0.1, 0.15) is 24.9 Å². The molecule has 220 valence electrons. The standard InChI is InChI=1S/C26H30Cl3NO9S/c1-35-23(33)25(40-16-10-6-3-7-11-16)12-17(31)19(30-24(34)37-14-26(27,28)29)21(39-25)20(32)18-13-36-22(38-18)15-8-4-2-5-9-15/h2-11,17-23,31-33H,12-14H2,1H3,(H,30,34)/t17-,18+,19+,20?,21+,22?,23?,25+/m0/s1. The first-order valence-electron chi connectivity index (χ1n) is 12.3. The van der Waals surface area contributed by atoms with Crippen LogP contribution in [0.1, 0.15) is 18.3 Å². The Morgan fingerprint density at radius 2 is 1.80 bits per heavy atom. The molecule has 2 heterocycles. The number of nitrogens with one attached hydrogen (secondary N) is 1. The smallest absolute Gasteiger partial charge is 0.407 e. The molecule has 0 aliphatic carbocycles. The highest BCUT2D eigenvalue weighted by atomic mass is 35.6. The fraction of sp³-hybridized carbons (Fsp3) is 0.500. The third kappa shape index (κ3) is 7.93. The van der Waals surface area contributed by atoms with E-state index in [0.29, 0.717) is 4.90 Å². The Bertz CT molecular complexity index is 1100. The summed E-state index contributed by atoms with van der Waals surface area (Å²) in [6.07, 6.45) is -8.52. The number of aliphatic hydroxyl groups excluding tert-OH is 3. The number of amides is 1. The topological polar surface area (TPSA) is 136 Å². The summed E-state index contributed by atoms with van der Waals surface area (Å²) >= 11 is 18.1. The molecule has 8 atom stereocenters. The van der Waals surface area contributed by atoms with Gasteiger partial charge >= 0.3 is 6.09 Å². The highest BCUT2D eigenvalue weighted by molar-refractivity contribution is 8.00. The zero-order valence-electron chi connectivity index (χ0n) is 21.3. The van der Waals surface area contributed by atoms with Crippen molar-refractivity contribution in [1.29, 1.82) is 0 Å². The van der Waals surface area contributed by atoms with Gasteiger partial charge in [0.05, 0.1) is 18.8 Å². The van der Waals surface area contributed by atoms with Crippen LogP contribution in [0.4, 0.5) is 4.79 Å². The quantitative estimate of drug-likeness (QED) is 0.239. The Morgan fingerprint density at radius 1 is 1.15 bits per heavy atom. The Balaban J connectivity index is 1.60. The van der Waals surface area contributed by atoms with Crippen molar-refractivity contribution in [3.8, 4) is 0 Å². The summed E-state index contributed by atoms with van der Waals surface area (Å²) in [6, 6.07) is 17.0. The van der Waals surface area contributed by atoms with E-state index < -0.39 is 64.5 Å². The normalized spacial score (nSPS) is 30.4. The molecule has 2 aromatic rings. The molecule has 1 amide bonds. The third-order valence-corrected chi connectivity index (χ3v) is 8.03. The minimum absolute atomic E-state index is 0.00717. The summed E-state index contributed by atoms with van der Waals surface area (Å²) < 4.78 is 26.5. The lowest BCUT2D eigenvalue weighted by atomic mass is 9.89. The molecule has 0 saturated carbocycles. The average molecular weight is 639 g/mol. The molecule has 2 aliphatic rings. The number of halogens is 3. The van der Waals surface area contributed by atoms with Crippen molar-refractivity contribution in [1.82, 2.24) is 5.32 Å². The largest absolute Gasteiger partial charge is 0.445 e. The van der Waals surface area contributed by atoms with E-state index in [-0.39, 0.29) is 13.0 Å². The van der Waals surface area contributed by atoms with Crippen LogP contribution in [-0.2, 0) is 23.7 Å². The molecule has 2 aromatic carbocycles. The van der Waals surface area contributed by atoms with E-state index in [1.807, 2.05) is 36.4 Å². The van der Waals surface area contributed by atoms with Crippen LogP contribution in [0.3, 0.4) is 0 Å². The summed E-state index contributed by atoms with van der Waals surface area (Å²) in [5.74, 6) is 0. The number of hydrogen-bond donors (Lipinski definition) is 4. The molecule has 0 bridgehead atoms.